The Morgan fingerprint density at radius 3 is 2.39 bits per heavy atom. The fourth-order valence-electron chi connectivity index (χ4n) is 1.30. The van der Waals surface area contributed by atoms with Gasteiger partial charge in [0.1, 0.15) is 5.75 Å². The van der Waals surface area contributed by atoms with E-state index in [-0.39, 0.29) is 35.2 Å². The van der Waals surface area contributed by atoms with Crippen LogP contribution >= 0.6 is 0 Å². The summed E-state index contributed by atoms with van der Waals surface area (Å²) in [6.45, 7) is 1.00. The van der Waals surface area contributed by atoms with Gasteiger partial charge >= 0.3 is 5.97 Å². The minimum absolute atomic E-state index is 0.0932. The van der Waals surface area contributed by atoms with Gasteiger partial charge < -0.3 is 19.3 Å². The number of ketones is 1. The zero-order chi connectivity index (χ0) is 13.7. The summed E-state index contributed by atoms with van der Waals surface area (Å²) in [6.07, 6.45) is 0. The molecule has 0 radical (unpaired) electrons. The molecule has 1 aromatic carbocycles. The first-order chi connectivity index (χ1) is 8.49. The topological polar surface area (TPSA) is 82.1 Å². The Labute approximate surface area is 104 Å². The summed E-state index contributed by atoms with van der Waals surface area (Å²) in [5.41, 5.74) is 0.0932. The molecule has 1 rings (SSSR count). The van der Waals surface area contributed by atoms with Gasteiger partial charge in [0.25, 0.3) is 0 Å². The lowest BCUT2D eigenvalue weighted by molar-refractivity contribution is -0.142. The molecule has 6 heteroatoms. The van der Waals surface area contributed by atoms with Crippen LogP contribution in [0, 0.1) is 0 Å². The molecule has 6 nitrogen and oxygen atoms in total. The van der Waals surface area contributed by atoms with E-state index in [2.05, 4.69) is 4.74 Å². The summed E-state index contributed by atoms with van der Waals surface area (Å²) < 4.78 is 14.6. The molecule has 0 amide bonds. The van der Waals surface area contributed by atoms with Crippen LogP contribution in [0.4, 0.5) is 0 Å². The van der Waals surface area contributed by atoms with Gasteiger partial charge in [0.15, 0.2) is 23.9 Å². The molecule has 0 fully saturated rings. The highest BCUT2D eigenvalue weighted by molar-refractivity contribution is 5.97. The van der Waals surface area contributed by atoms with Gasteiger partial charge in [-0.1, -0.05) is 0 Å². The number of phenolic OH excluding ortho intramolecular Hbond substituents is 1. The van der Waals surface area contributed by atoms with Crippen LogP contribution in [-0.2, 0) is 9.53 Å². The van der Waals surface area contributed by atoms with Crippen LogP contribution < -0.4 is 9.47 Å². The first-order valence-electron chi connectivity index (χ1n) is 5.11. The van der Waals surface area contributed by atoms with Crippen LogP contribution in [0.25, 0.3) is 0 Å². The normalized spacial score (nSPS) is 9.72. The van der Waals surface area contributed by atoms with Crippen LogP contribution in [0.5, 0.6) is 17.2 Å². The van der Waals surface area contributed by atoms with Gasteiger partial charge in [-0.2, -0.15) is 0 Å². The van der Waals surface area contributed by atoms with Crippen molar-refractivity contribution in [1.82, 2.24) is 0 Å². The van der Waals surface area contributed by atoms with E-state index in [1.807, 2.05) is 0 Å². The van der Waals surface area contributed by atoms with Gasteiger partial charge in [-0.05, 0) is 13.0 Å². The maximum atomic E-state index is 11.3. The standard InChI is InChI=1S/C12H14O6/c1-7(13)8-4-11(18-6-12(15)17-3)10(16-2)5-9(8)14/h4-5,14H,6H2,1-3H3. The number of aromatic hydroxyl groups is 1. The number of rotatable bonds is 5. The van der Waals surface area contributed by atoms with Crippen LogP contribution in [0.2, 0.25) is 0 Å². The number of methoxy groups -OCH3 is 2. The number of hydrogen-bond acceptors (Lipinski definition) is 6. The van der Waals surface area contributed by atoms with Crippen LogP contribution in [0.3, 0.4) is 0 Å². The number of Topliss-reactive ketones (excluding diaryl/α,β-unsaturated/α-hetero) is 1. The smallest absolute Gasteiger partial charge is 0.343 e. The third-order valence-electron chi connectivity index (χ3n) is 2.23. The maximum Gasteiger partial charge on any atom is 0.343 e. The summed E-state index contributed by atoms with van der Waals surface area (Å²) in [4.78, 5) is 22.2. The van der Waals surface area contributed by atoms with Crippen molar-refractivity contribution in [3.05, 3.63) is 17.7 Å². The Bertz CT molecular complexity index is 466. The highest BCUT2D eigenvalue weighted by atomic mass is 16.6. The maximum absolute atomic E-state index is 11.3. The Hall–Kier alpha value is -2.24. The van der Waals surface area contributed by atoms with Gasteiger partial charge in [-0.15, -0.1) is 0 Å². The lowest BCUT2D eigenvalue weighted by Crippen LogP contribution is -2.13. The van der Waals surface area contributed by atoms with Crippen molar-refractivity contribution in [1.29, 1.82) is 0 Å². The monoisotopic (exact) mass is 254 g/mol. The molecule has 0 spiro atoms. The number of carbonyl (C=O) groups excluding carboxylic acids is 2. The Morgan fingerprint density at radius 2 is 1.89 bits per heavy atom. The SMILES string of the molecule is COC(=O)COc1cc(C(C)=O)c(O)cc1OC. The molecule has 1 N–H and O–H groups in total. The number of carbonyl (C=O) groups is 2. The zero-order valence-electron chi connectivity index (χ0n) is 10.4. The van der Waals surface area contributed by atoms with Gasteiger partial charge in [0.2, 0.25) is 0 Å². The lowest BCUT2D eigenvalue weighted by Gasteiger charge is -2.12. The fourth-order valence-corrected chi connectivity index (χ4v) is 1.30. The quantitative estimate of drug-likeness (QED) is 0.627. The average molecular weight is 254 g/mol. The number of phenols is 1. The van der Waals surface area contributed by atoms with Crippen molar-refractivity contribution in [2.75, 3.05) is 20.8 Å². The minimum Gasteiger partial charge on any atom is -0.507 e. The Kier molecular flexibility index (Phi) is 4.53. The van der Waals surface area contributed by atoms with Gasteiger partial charge in [0.05, 0.1) is 19.8 Å². The van der Waals surface area contributed by atoms with E-state index in [1.54, 1.807) is 0 Å². The molecule has 0 bridgehead atoms. The second-order valence-corrected chi connectivity index (χ2v) is 3.44. The summed E-state index contributed by atoms with van der Waals surface area (Å²) in [5, 5.41) is 9.59. The molecule has 98 valence electrons. The van der Waals surface area contributed by atoms with E-state index in [1.165, 1.54) is 33.3 Å². The minimum atomic E-state index is -0.561. The van der Waals surface area contributed by atoms with Crippen LogP contribution in [0.15, 0.2) is 12.1 Å². The van der Waals surface area contributed by atoms with Gasteiger partial charge in [-0.25, -0.2) is 4.79 Å². The van der Waals surface area contributed by atoms with E-state index in [9.17, 15) is 14.7 Å². The van der Waals surface area contributed by atoms with Gasteiger partial charge in [0, 0.05) is 6.07 Å². The van der Waals surface area contributed by atoms with Crippen molar-refractivity contribution in [2.24, 2.45) is 0 Å². The summed E-state index contributed by atoms with van der Waals surface area (Å²) in [5.74, 6) is -0.676. The third-order valence-corrected chi connectivity index (χ3v) is 2.23. The highest BCUT2D eigenvalue weighted by Crippen LogP contribution is 2.34. The van der Waals surface area contributed by atoms with Crippen LogP contribution in [0.1, 0.15) is 17.3 Å². The molecule has 0 aliphatic carbocycles. The van der Waals surface area contributed by atoms with E-state index < -0.39 is 5.97 Å². The largest absolute Gasteiger partial charge is 0.507 e. The molecule has 18 heavy (non-hydrogen) atoms. The number of esters is 1. The predicted molar refractivity (Wildman–Crippen MR) is 62.2 cm³/mol. The Morgan fingerprint density at radius 1 is 1.22 bits per heavy atom. The van der Waals surface area contributed by atoms with Crippen molar-refractivity contribution in [3.8, 4) is 17.2 Å². The van der Waals surface area contributed by atoms with Gasteiger partial charge in [-0.3, -0.25) is 4.79 Å². The van der Waals surface area contributed by atoms with E-state index in [0.717, 1.165) is 0 Å². The Balaban J connectivity index is 3.04. The second kappa shape index (κ2) is 5.90. The van der Waals surface area contributed by atoms with Crippen molar-refractivity contribution in [2.45, 2.75) is 6.92 Å². The third kappa shape index (κ3) is 3.13. The highest BCUT2D eigenvalue weighted by Gasteiger charge is 2.15. The molecule has 0 heterocycles. The molecule has 0 saturated carbocycles. The molecule has 0 aromatic heterocycles. The molecular formula is C12H14O6. The molecule has 0 aliphatic rings. The van der Waals surface area contributed by atoms with E-state index >= 15 is 0 Å². The fraction of sp³-hybridized carbons (Fsp3) is 0.333. The second-order valence-electron chi connectivity index (χ2n) is 3.44. The van der Waals surface area contributed by atoms with Crippen LogP contribution in [-0.4, -0.2) is 37.7 Å². The summed E-state index contributed by atoms with van der Waals surface area (Å²) in [7, 11) is 2.62. The number of ether oxygens (including phenoxy) is 3. The summed E-state index contributed by atoms with van der Waals surface area (Å²) in [6, 6.07) is 2.57. The van der Waals surface area contributed by atoms with Crippen molar-refractivity contribution >= 4 is 11.8 Å². The molecule has 0 aliphatic heterocycles. The van der Waals surface area contributed by atoms with Crippen molar-refractivity contribution in [3.63, 3.8) is 0 Å². The van der Waals surface area contributed by atoms with E-state index in [0.29, 0.717) is 0 Å². The lowest BCUT2D eigenvalue weighted by atomic mass is 10.1. The first-order valence-corrected chi connectivity index (χ1v) is 5.11. The number of hydrogen-bond donors (Lipinski definition) is 1. The molecule has 1 aromatic rings. The molecule has 0 saturated heterocycles. The summed E-state index contributed by atoms with van der Waals surface area (Å²) >= 11 is 0. The first kappa shape index (κ1) is 13.8. The molecule has 0 unspecified atom stereocenters. The molecular weight excluding hydrogens is 240 g/mol. The van der Waals surface area contributed by atoms with Crippen molar-refractivity contribution < 1.29 is 28.9 Å². The predicted octanol–water partition coefficient (Wildman–Crippen LogP) is 1.16. The molecule has 0 atom stereocenters. The average Bonchev–Trinajstić information content (AvgIpc) is 2.35. The number of benzene rings is 1. The van der Waals surface area contributed by atoms with E-state index in [4.69, 9.17) is 9.47 Å². The zero-order valence-corrected chi connectivity index (χ0v) is 10.4.